The van der Waals surface area contributed by atoms with Crippen molar-refractivity contribution in [1.29, 1.82) is 5.26 Å². The fourth-order valence-corrected chi connectivity index (χ4v) is 1.92. The molecule has 1 heterocycles. The summed E-state index contributed by atoms with van der Waals surface area (Å²) in [6.45, 7) is 4.02. The van der Waals surface area contributed by atoms with Crippen LogP contribution in [0.25, 0.3) is 0 Å². The molecule has 0 aliphatic rings. The number of nitriles is 1. The van der Waals surface area contributed by atoms with Gasteiger partial charge in [-0.2, -0.15) is 18.4 Å². The number of rotatable bonds is 4. The first-order chi connectivity index (χ1) is 8.28. The predicted molar refractivity (Wildman–Crippen MR) is 62.9 cm³/mol. The molecule has 0 aromatic carbocycles. The second kappa shape index (κ2) is 5.34. The number of nitrogens with zero attached hydrogens (tertiary/aromatic N) is 2. The molecule has 0 aliphatic heterocycles. The van der Waals surface area contributed by atoms with E-state index in [1.54, 1.807) is 11.5 Å². The molecule has 0 spiro atoms. The van der Waals surface area contributed by atoms with E-state index < -0.39 is 12.6 Å². The van der Waals surface area contributed by atoms with Crippen LogP contribution in [0.3, 0.4) is 0 Å². The molecule has 0 aliphatic carbocycles. The van der Waals surface area contributed by atoms with Crippen LogP contribution in [0.5, 0.6) is 0 Å². The molecular weight excluding hydrogens is 243 g/mol. The highest BCUT2D eigenvalue weighted by atomic mass is 19.4. The van der Waals surface area contributed by atoms with Gasteiger partial charge in [-0.05, 0) is 32.3 Å². The lowest BCUT2D eigenvalue weighted by Crippen LogP contribution is -2.09. The van der Waals surface area contributed by atoms with Crippen LogP contribution in [0, 0.1) is 25.2 Å². The molecule has 100 valence electrons. The number of hydrogen-bond acceptors (Lipinski definition) is 2. The summed E-state index contributed by atoms with van der Waals surface area (Å²) in [6, 6.07) is 2.01. The van der Waals surface area contributed by atoms with E-state index in [0.29, 0.717) is 24.3 Å². The smallest absolute Gasteiger partial charge is 0.384 e. The van der Waals surface area contributed by atoms with Crippen molar-refractivity contribution in [2.24, 2.45) is 0 Å². The van der Waals surface area contributed by atoms with Crippen LogP contribution >= 0.6 is 0 Å². The van der Waals surface area contributed by atoms with Crippen molar-refractivity contribution in [3.63, 3.8) is 0 Å². The lowest BCUT2D eigenvalue weighted by atomic mass is 10.2. The van der Waals surface area contributed by atoms with Crippen molar-refractivity contribution in [1.82, 2.24) is 4.57 Å². The van der Waals surface area contributed by atoms with Crippen molar-refractivity contribution in [2.45, 2.75) is 45.8 Å². The van der Waals surface area contributed by atoms with E-state index in [9.17, 15) is 13.2 Å². The Labute approximate surface area is 104 Å². The molecule has 0 amide bonds. The maximum Gasteiger partial charge on any atom is 0.389 e. The van der Waals surface area contributed by atoms with Gasteiger partial charge in [-0.3, -0.25) is 0 Å². The quantitative estimate of drug-likeness (QED) is 0.843. The summed E-state index contributed by atoms with van der Waals surface area (Å²) in [4.78, 5) is 0. The predicted octanol–water partition coefficient (Wildman–Crippen LogP) is 3.29. The topological polar surface area (TPSA) is 54.7 Å². The first kappa shape index (κ1) is 14.4. The molecule has 0 fully saturated rings. The Morgan fingerprint density at radius 2 is 1.89 bits per heavy atom. The van der Waals surface area contributed by atoms with Gasteiger partial charge in [0.2, 0.25) is 0 Å². The fraction of sp³-hybridized carbons (Fsp3) is 0.583. The molecule has 18 heavy (non-hydrogen) atoms. The van der Waals surface area contributed by atoms with Crippen molar-refractivity contribution in [3.8, 4) is 6.07 Å². The molecule has 0 saturated carbocycles. The molecule has 0 saturated heterocycles. The minimum atomic E-state index is -4.11. The van der Waals surface area contributed by atoms with Crippen LogP contribution in [0.2, 0.25) is 0 Å². The molecular formula is C12H16F3N3. The van der Waals surface area contributed by atoms with Crippen LogP contribution in [0.15, 0.2) is 0 Å². The zero-order valence-electron chi connectivity index (χ0n) is 10.4. The van der Waals surface area contributed by atoms with Gasteiger partial charge in [0.25, 0.3) is 0 Å². The summed E-state index contributed by atoms with van der Waals surface area (Å²) in [5, 5.41) is 8.92. The molecule has 0 unspecified atom stereocenters. The number of anilines is 1. The Balaban J connectivity index is 2.67. The Morgan fingerprint density at radius 1 is 1.28 bits per heavy atom. The maximum absolute atomic E-state index is 12.0. The Kier molecular flexibility index (Phi) is 4.28. The van der Waals surface area contributed by atoms with Crippen molar-refractivity contribution in [3.05, 3.63) is 16.8 Å². The van der Waals surface area contributed by atoms with Crippen LogP contribution in [0.1, 0.15) is 36.1 Å². The number of nitrogens with two attached hydrogens (primary N) is 1. The van der Waals surface area contributed by atoms with Gasteiger partial charge in [0.15, 0.2) is 0 Å². The summed E-state index contributed by atoms with van der Waals surface area (Å²) in [5.74, 6) is 0.347. The van der Waals surface area contributed by atoms with Gasteiger partial charge in [-0.15, -0.1) is 0 Å². The average Bonchev–Trinajstić information content (AvgIpc) is 2.46. The number of unbranched alkanes of at least 4 members (excludes halogenated alkanes) is 1. The Hall–Kier alpha value is -1.64. The zero-order valence-corrected chi connectivity index (χ0v) is 10.4. The zero-order chi connectivity index (χ0) is 13.9. The van der Waals surface area contributed by atoms with E-state index in [-0.39, 0.29) is 6.42 Å². The van der Waals surface area contributed by atoms with Crippen molar-refractivity contribution in [2.75, 3.05) is 5.73 Å². The minimum Gasteiger partial charge on any atom is -0.384 e. The lowest BCUT2D eigenvalue weighted by Gasteiger charge is -2.10. The normalized spacial score (nSPS) is 11.6. The summed E-state index contributed by atoms with van der Waals surface area (Å²) in [6.07, 6.45) is -4.42. The summed E-state index contributed by atoms with van der Waals surface area (Å²) < 4.78 is 37.7. The maximum atomic E-state index is 12.0. The van der Waals surface area contributed by atoms with Gasteiger partial charge in [0.1, 0.15) is 11.9 Å². The molecule has 1 rings (SSSR count). The highest BCUT2D eigenvalue weighted by Crippen LogP contribution is 2.26. The van der Waals surface area contributed by atoms with Gasteiger partial charge in [0, 0.05) is 18.7 Å². The van der Waals surface area contributed by atoms with Crippen LogP contribution < -0.4 is 5.73 Å². The molecule has 6 heteroatoms. The van der Waals surface area contributed by atoms with Crippen LogP contribution in [0.4, 0.5) is 19.0 Å². The monoisotopic (exact) mass is 259 g/mol. The lowest BCUT2D eigenvalue weighted by molar-refractivity contribution is -0.135. The summed E-state index contributed by atoms with van der Waals surface area (Å²) in [5.41, 5.74) is 7.86. The minimum absolute atomic E-state index is 0.0709. The highest BCUT2D eigenvalue weighted by molar-refractivity contribution is 5.57. The molecule has 1 aromatic rings. The van der Waals surface area contributed by atoms with Crippen molar-refractivity contribution < 1.29 is 13.2 Å². The summed E-state index contributed by atoms with van der Waals surface area (Å²) in [7, 11) is 0. The van der Waals surface area contributed by atoms with E-state index in [1.165, 1.54) is 0 Å². The third-order valence-electron chi connectivity index (χ3n) is 3.07. The average molecular weight is 259 g/mol. The van der Waals surface area contributed by atoms with E-state index in [1.807, 2.05) is 13.0 Å². The number of hydrogen-bond donors (Lipinski definition) is 1. The molecule has 0 radical (unpaired) electrons. The highest BCUT2D eigenvalue weighted by Gasteiger charge is 2.26. The van der Waals surface area contributed by atoms with E-state index >= 15 is 0 Å². The second-order valence-corrected chi connectivity index (χ2v) is 4.31. The fourth-order valence-electron chi connectivity index (χ4n) is 1.92. The first-order valence-corrected chi connectivity index (χ1v) is 5.70. The van der Waals surface area contributed by atoms with Gasteiger partial charge >= 0.3 is 6.18 Å². The van der Waals surface area contributed by atoms with Crippen molar-refractivity contribution >= 4 is 5.82 Å². The van der Waals surface area contributed by atoms with Gasteiger partial charge in [-0.25, -0.2) is 0 Å². The SMILES string of the molecule is Cc1c(C#N)c(N)n(CCCCC(F)(F)F)c1C. The number of aromatic nitrogens is 1. The second-order valence-electron chi connectivity index (χ2n) is 4.31. The number of nitrogen functional groups attached to an aromatic ring is 1. The summed E-state index contributed by atoms with van der Waals surface area (Å²) >= 11 is 0. The number of alkyl halides is 3. The van der Waals surface area contributed by atoms with Crippen LogP contribution in [-0.2, 0) is 6.54 Å². The molecule has 2 N–H and O–H groups in total. The molecule has 1 aromatic heterocycles. The van der Waals surface area contributed by atoms with Crippen LogP contribution in [-0.4, -0.2) is 10.7 Å². The molecule has 3 nitrogen and oxygen atoms in total. The first-order valence-electron chi connectivity index (χ1n) is 5.70. The van der Waals surface area contributed by atoms with E-state index in [4.69, 9.17) is 11.0 Å². The van der Waals surface area contributed by atoms with E-state index in [0.717, 1.165) is 11.3 Å². The van der Waals surface area contributed by atoms with Gasteiger partial charge in [0.05, 0.1) is 5.56 Å². The largest absolute Gasteiger partial charge is 0.389 e. The Morgan fingerprint density at radius 3 is 2.33 bits per heavy atom. The molecule has 0 bridgehead atoms. The third-order valence-corrected chi connectivity index (χ3v) is 3.07. The molecule has 0 atom stereocenters. The van der Waals surface area contributed by atoms with Gasteiger partial charge < -0.3 is 10.3 Å². The Bertz CT molecular complexity index is 466. The van der Waals surface area contributed by atoms with E-state index in [2.05, 4.69) is 0 Å². The standard InChI is InChI=1S/C12H16F3N3/c1-8-9(2)18(11(17)10(8)7-16)6-4-3-5-12(13,14)15/h3-6,17H2,1-2H3. The number of halogens is 3. The van der Waals surface area contributed by atoms with Gasteiger partial charge in [-0.1, -0.05) is 0 Å². The third kappa shape index (κ3) is 3.19.